The third kappa shape index (κ3) is 1.31. The molecule has 1 aliphatic heterocycles. The summed E-state index contributed by atoms with van der Waals surface area (Å²) in [6.07, 6.45) is 0. The lowest BCUT2D eigenvalue weighted by Crippen LogP contribution is -2.09. The van der Waals surface area contributed by atoms with Crippen molar-refractivity contribution in [2.75, 3.05) is 10.6 Å². The molecule has 1 aliphatic rings. The molecular weight excluding hydrogens is 220 g/mol. The molecule has 1 aromatic heterocycles. The summed E-state index contributed by atoms with van der Waals surface area (Å²) in [6.45, 7) is 2.01. The van der Waals surface area contributed by atoms with E-state index in [0.717, 1.165) is 27.5 Å². The standard InChI is InChI=1S/C12H10N2OS/c1-7-11-8(6-16-7)12(15)14-10-5-3-2-4-9(10)13-11/h2-6,13H,1H3,(H,14,15). The largest absolute Gasteiger partial charge is 0.352 e. The lowest BCUT2D eigenvalue weighted by molar-refractivity contribution is 0.102. The number of rotatable bonds is 0. The van der Waals surface area contributed by atoms with Gasteiger partial charge in [-0.1, -0.05) is 12.1 Å². The van der Waals surface area contributed by atoms with E-state index in [-0.39, 0.29) is 5.91 Å². The second kappa shape index (κ2) is 3.35. The third-order valence-electron chi connectivity index (χ3n) is 2.65. The molecule has 2 N–H and O–H groups in total. The molecule has 80 valence electrons. The maximum absolute atomic E-state index is 11.9. The van der Waals surface area contributed by atoms with Crippen LogP contribution in [0.2, 0.25) is 0 Å². The highest BCUT2D eigenvalue weighted by atomic mass is 32.1. The molecule has 3 rings (SSSR count). The number of carbonyl (C=O) groups is 1. The second-order valence-corrected chi connectivity index (χ2v) is 4.79. The average Bonchev–Trinajstić information content (AvgIpc) is 2.57. The van der Waals surface area contributed by atoms with Crippen LogP contribution in [0.4, 0.5) is 17.1 Å². The highest BCUT2D eigenvalue weighted by Crippen LogP contribution is 2.36. The van der Waals surface area contributed by atoms with Crippen LogP contribution >= 0.6 is 11.3 Å². The fourth-order valence-corrected chi connectivity index (χ4v) is 2.60. The Morgan fingerprint density at radius 2 is 1.81 bits per heavy atom. The monoisotopic (exact) mass is 230 g/mol. The summed E-state index contributed by atoms with van der Waals surface area (Å²) >= 11 is 1.58. The van der Waals surface area contributed by atoms with Crippen molar-refractivity contribution >= 4 is 34.3 Å². The van der Waals surface area contributed by atoms with Crippen LogP contribution in [0.1, 0.15) is 15.2 Å². The molecule has 0 fully saturated rings. The molecule has 0 aliphatic carbocycles. The Hall–Kier alpha value is -1.81. The van der Waals surface area contributed by atoms with E-state index < -0.39 is 0 Å². The summed E-state index contributed by atoms with van der Waals surface area (Å²) in [6, 6.07) is 7.71. The quantitative estimate of drug-likeness (QED) is 0.728. The van der Waals surface area contributed by atoms with Crippen molar-refractivity contribution in [2.24, 2.45) is 0 Å². The van der Waals surface area contributed by atoms with Crippen molar-refractivity contribution < 1.29 is 4.79 Å². The van der Waals surface area contributed by atoms with Gasteiger partial charge >= 0.3 is 0 Å². The molecule has 1 aromatic carbocycles. The molecule has 0 spiro atoms. The van der Waals surface area contributed by atoms with Crippen LogP contribution in [0, 0.1) is 6.92 Å². The highest BCUT2D eigenvalue weighted by molar-refractivity contribution is 7.10. The maximum Gasteiger partial charge on any atom is 0.258 e. The van der Waals surface area contributed by atoms with Gasteiger partial charge in [-0.3, -0.25) is 4.79 Å². The number of anilines is 3. The smallest absolute Gasteiger partial charge is 0.258 e. The van der Waals surface area contributed by atoms with Crippen LogP contribution < -0.4 is 10.6 Å². The van der Waals surface area contributed by atoms with E-state index in [1.54, 1.807) is 11.3 Å². The Bertz CT molecular complexity index is 574. The van der Waals surface area contributed by atoms with Gasteiger partial charge in [-0.2, -0.15) is 0 Å². The number of nitrogens with one attached hydrogen (secondary N) is 2. The number of para-hydroxylation sites is 2. The Morgan fingerprint density at radius 3 is 2.56 bits per heavy atom. The first-order chi connectivity index (χ1) is 7.75. The first-order valence-corrected chi connectivity index (χ1v) is 5.89. The summed E-state index contributed by atoms with van der Waals surface area (Å²) < 4.78 is 0. The van der Waals surface area contributed by atoms with Gasteiger partial charge < -0.3 is 10.6 Å². The van der Waals surface area contributed by atoms with Gasteiger partial charge in [0.25, 0.3) is 5.91 Å². The van der Waals surface area contributed by atoms with Gasteiger partial charge in [0.2, 0.25) is 0 Å². The fraction of sp³-hybridized carbons (Fsp3) is 0.0833. The summed E-state index contributed by atoms with van der Waals surface area (Å²) in [5.41, 5.74) is 3.41. The number of fused-ring (bicyclic) bond motifs is 2. The van der Waals surface area contributed by atoms with Crippen molar-refractivity contribution in [1.29, 1.82) is 0 Å². The van der Waals surface area contributed by atoms with Crippen LogP contribution in [0.15, 0.2) is 29.6 Å². The maximum atomic E-state index is 11.9. The first kappa shape index (κ1) is 9.42. The highest BCUT2D eigenvalue weighted by Gasteiger charge is 2.21. The van der Waals surface area contributed by atoms with Crippen molar-refractivity contribution in [3.8, 4) is 0 Å². The molecule has 0 saturated heterocycles. The van der Waals surface area contributed by atoms with E-state index in [1.807, 2.05) is 36.6 Å². The molecule has 0 unspecified atom stereocenters. The molecule has 1 amide bonds. The molecule has 0 bridgehead atoms. The van der Waals surface area contributed by atoms with Crippen LogP contribution in [-0.4, -0.2) is 5.91 Å². The summed E-state index contributed by atoms with van der Waals surface area (Å²) in [7, 11) is 0. The molecule has 0 atom stereocenters. The minimum Gasteiger partial charge on any atom is -0.352 e. The van der Waals surface area contributed by atoms with Crippen molar-refractivity contribution in [2.45, 2.75) is 6.92 Å². The van der Waals surface area contributed by atoms with Crippen LogP contribution in [-0.2, 0) is 0 Å². The summed E-state index contributed by atoms with van der Waals surface area (Å²) in [5, 5.41) is 8.09. The number of carbonyl (C=O) groups excluding carboxylic acids is 1. The average molecular weight is 230 g/mol. The van der Waals surface area contributed by atoms with E-state index in [4.69, 9.17) is 0 Å². The second-order valence-electron chi connectivity index (χ2n) is 3.71. The number of aryl methyl sites for hydroxylation is 1. The Balaban J connectivity index is 2.20. The topological polar surface area (TPSA) is 41.1 Å². The Kier molecular flexibility index (Phi) is 1.97. The van der Waals surface area contributed by atoms with E-state index >= 15 is 0 Å². The van der Waals surface area contributed by atoms with Crippen LogP contribution in [0.3, 0.4) is 0 Å². The molecule has 4 heteroatoms. The SMILES string of the molecule is Cc1scc2c1Nc1ccccc1NC2=O. The normalized spacial score (nSPS) is 13.2. The zero-order valence-corrected chi connectivity index (χ0v) is 9.52. The van der Waals surface area contributed by atoms with Gasteiger partial charge in [0, 0.05) is 10.3 Å². The van der Waals surface area contributed by atoms with Crippen molar-refractivity contribution in [3.63, 3.8) is 0 Å². The number of benzene rings is 1. The Morgan fingerprint density at radius 1 is 1.12 bits per heavy atom. The van der Waals surface area contributed by atoms with Gasteiger partial charge in [-0.25, -0.2) is 0 Å². The summed E-state index contributed by atoms with van der Waals surface area (Å²) in [5.74, 6) is -0.0446. The minimum atomic E-state index is -0.0446. The lowest BCUT2D eigenvalue weighted by atomic mass is 10.2. The van der Waals surface area contributed by atoms with E-state index in [1.165, 1.54) is 0 Å². The predicted octanol–water partition coefficient (Wildman–Crippen LogP) is 3.37. The number of amides is 1. The van der Waals surface area contributed by atoms with Crippen LogP contribution in [0.5, 0.6) is 0 Å². The number of thiophene rings is 1. The van der Waals surface area contributed by atoms with Gasteiger partial charge in [0.05, 0.1) is 22.6 Å². The van der Waals surface area contributed by atoms with Crippen molar-refractivity contribution in [3.05, 3.63) is 40.1 Å². The van der Waals surface area contributed by atoms with Gasteiger partial charge in [-0.05, 0) is 19.1 Å². The number of hydrogen-bond donors (Lipinski definition) is 2. The number of hydrogen-bond acceptors (Lipinski definition) is 3. The van der Waals surface area contributed by atoms with Gasteiger partial charge in [-0.15, -0.1) is 11.3 Å². The summed E-state index contributed by atoms with van der Waals surface area (Å²) in [4.78, 5) is 13.1. The molecule has 0 saturated carbocycles. The molecule has 2 aromatic rings. The lowest BCUT2D eigenvalue weighted by Gasteiger charge is -2.07. The van der Waals surface area contributed by atoms with Gasteiger partial charge in [0.1, 0.15) is 0 Å². The van der Waals surface area contributed by atoms with E-state index in [2.05, 4.69) is 10.6 Å². The molecular formula is C12H10N2OS. The zero-order chi connectivity index (χ0) is 11.1. The van der Waals surface area contributed by atoms with E-state index in [0.29, 0.717) is 0 Å². The molecule has 3 nitrogen and oxygen atoms in total. The molecule has 0 radical (unpaired) electrons. The fourth-order valence-electron chi connectivity index (χ4n) is 1.80. The minimum absolute atomic E-state index is 0.0446. The zero-order valence-electron chi connectivity index (χ0n) is 8.70. The molecule has 2 heterocycles. The molecule has 16 heavy (non-hydrogen) atoms. The van der Waals surface area contributed by atoms with Crippen molar-refractivity contribution in [1.82, 2.24) is 0 Å². The Labute approximate surface area is 97.1 Å². The van der Waals surface area contributed by atoms with Crippen LogP contribution in [0.25, 0.3) is 0 Å². The van der Waals surface area contributed by atoms with Gasteiger partial charge in [0.15, 0.2) is 0 Å². The predicted molar refractivity (Wildman–Crippen MR) is 66.7 cm³/mol. The third-order valence-corrected chi connectivity index (χ3v) is 3.57. The first-order valence-electron chi connectivity index (χ1n) is 5.01. The van der Waals surface area contributed by atoms with E-state index in [9.17, 15) is 4.79 Å².